The summed E-state index contributed by atoms with van der Waals surface area (Å²) in [4.78, 5) is 47.3. The number of hydrogen-bond acceptors (Lipinski definition) is 13. The molecule has 0 spiro atoms. The number of hydrogen-bond donors (Lipinski definition) is 6. The van der Waals surface area contributed by atoms with E-state index < -0.39 is 42.6 Å². The van der Waals surface area contributed by atoms with E-state index in [1.165, 1.54) is 0 Å². The summed E-state index contributed by atoms with van der Waals surface area (Å²) < 4.78 is 15.3. The number of nitrogens with zero attached hydrogens (tertiary/aromatic N) is 1. The van der Waals surface area contributed by atoms with Gasteiger partial charge in [0.05, 0.1) is 68.2 Å². The van der Waals surface area contributed by atoms with Crippen molar-refractivity contribution in [2.75, 3.05) is 32.9 Å². The Kier molecular flexibility index (Phi) is 10.3. The van der Waals surface area contributed by atoms with Gasteiger partial charge in [-0.15, -0.1) is 0 Å². The Bertz CT molecular complexity index is 893. The molecule has 212 valence electrons. The minimum absolute atomic E-state index is 0.135. The molecule has 6 rings (SSSR count). The highest BCUT2D eigenvalue weighted by atomic mass is 16.6. The van der Waals surface area contributed by atoms with Crippen molar-refractivity contribution >= 4 is 23.8 Å². The number of carbonyl (C=O) groups is 4. The van der Waals surface area contributed by atoms with Crippen molar-refractivity contribution in [3.63, 3.8) is 0 Å². The molecule has 0 saturated carbocycles. The number of imide groups is 1. The minimum Gasteiger partial charge on any atom is -0.397 e. The van der Waals surface area contributed by atoms with E-state index in [9.17, 15) is 24.3 Å². The Morgan fingerprint density at radius 2 is 1.13 bits per heavy atom. The van der Waals surface area contributed by atoms with Gasteiger partial charge in [0, 0.05) is 13.2 Å². The molecule has 14 nitrogen and oxygen atoms in total. The molecule has 6 aliphatic rings. The van der Waals surface area contributed by atoms with E-state index >= 15 is 0 Å². The zero-order chi connectivity index (χ0) is 28.1. The molecular weight excluding hydrogens is 508 g/mol. The fourth-order valence-electron chi connectivity index (χ4n) is 4.99. The zero-order valence-electron chi connectivity index (χ0n) is 20.7. The number of nitrogens with two attached hydrogens (primary N) is 1. The third kappa shape index (κ3) is 5.87. The Labute approximate surface area is 218 Å². The van der Waals surface area contributed by atoms with Crippen molar-refractivity contribution in [2.24, 2.45) is 29.4 Å². The number of likely N-dealkylation sites (tertiary alicyclic amines) is 1. The van der Waals surface area contributed by atoms with Crippen LogP contribution in [0.25, 0.3) is 0 Å². The number of fused-ring (bicyclic) bond motifs is 10. The summed E-state index contributed by atoms with van der Waals surface area (Å²) in [5.41, 5.74) is 4.87. The van der Waals surface area contributed by atoms with Crippen LogP contribution >= 0.6 is 0 Å². The van der Waals surface area contributed by atoms with E-state index in [-0.39, 0.29) is 74.4 Å². The first-order valence-electron chi connectivity index (χ1n) is 12.3. The fraction of sp³-hybridized carbons (Fsp3) is 0.667. The van der Waals surface area contributed by atoms with Crippen molar-refractivity contribution in [2.45, 2.75) is 43.5 Å². The minimum atomic E-state index is -1.08. The van der Waals surface area contributed by atoms with E-state index in [0.717, 1.165) is 4.90 Å². The first-order valence-corrected chi connectivity index (χ1v) is 12.3. The molecule has 14 heteroatoms. The van der Waals surface area contributed by atoms with Crippen molar-refractivity contribution in [3.8, 4) is 0 Å². The number of esters is 2. The van der Waals surface area contributed by atoms with Crippen molar-refractivity contribution in [1.29, 1.82) is 0 Å². The number of β-amino-alcohol motifs (C(OH)–C–C–N with tert-alkyl or cyclic N) is 1. The Balaban J connectivity index is 0.000000166. The maximum Gasteiger partial charge on any atom is 0.320 e. The predicted octanol–water partition coefficient (Wildman–Crippen LogP) is -3.79. The summed E-state index contributed by atoms with van der Waals surface area (Å²) in [5.74, 6) is -3.08. The molecule has 6 heterocycles. The lowest BCUT2D eigenvalue weighted by molar-refractivity contribution is -0.156. The van der Waals surface area contributed by atoms with Crippen LogP contribution in [0.2, 0.25) is 0 Å². The monoisotopic (exact) mass is 542 g/mol. The third-order valence-electron chi connectivity index (χ3n) is 6.73. The van der Waals surface area contributed by atoms with Gasteiger partial charge in [0.15, 0.2) is 0 Å². The molecule has 6 aliphatic heterocycles. The molecule has 10 unspecified atom stereocenters. The highest BCUT2D eigenvalue weighted by molar-refractivity contribution is 6.06. The van der Waals surface area contributed by atoms with Gasteiger partial charge in [-0.1, -0.05) is 24.3 Å². The SMILES string of the molecule is CCO.NCC(O)CO.O=C1C2C3C=CC(O3)C2C(=O)N1CC(O)CO.O=C1OC(=O)C2C3C=CC(O3)C12. The van der Waals surface area contributed by atoms with Crippen LogP contribution in [0.3, 0.4) is 0 Å². The summed E-state index contributed by atoms with van der Waals surface area (Å²) in [6, 6.07) is 0. The van der Waals surface area contributed by atoms with Crippen molar-refractivity contribution in [1.82, 2.24) is 4.90 Å². The predicted molar refractivity (Wildman–Crippen MR) is 125 cm³/mol. The number of amides is 2. The van der Waals surface area contributed by atoms with Gasteiger partial charge in [-0.05, 0) is 6.92 Å². The molecule has 0 aromatic heterocycles. The Morgan fingerprint density at radius 3 is 1.45 bits per heavy atom. The molecule has 4 saturated heterocycles. The quantitative estimate of drug-likeness (QED) is 0.0849. The number of aliphatic hydroxyl groups excluding tert-OH is 5. The summed E-state index contributed by atoms with van der Waals surface area (Å²) in [7, 11) is 0. The first-order chi connectivity index (χ1) is 18.1. The molecule has 38 heavy (non-hydrogen) atoms. The van der Waals surface area contributed by atoms with Gasteiger partial charge in [0.25, 0.3) is 0 Å². The normalized spacial score (nSPS) is 36.0. The van der Waals surface area contributed by atoms with Gasteiger partial charge in [0.2, 0.25) is 11.8 Å². The lowest BCUT2D eigenvalue weighted by Crippen LogP contribution is -2.40. The van der Waals surface area contributed by atoms with Crippen LogP contribution in [-0.2, 0) is 33.4 Å². The van der Waals surface area contributed by atoms with Gasteiger partial charge < -0.3 is 45.5 Å². The molecule has 7 N–H and O–H groups in total. The van der Waals surface area contributed by atoms with Crippen LogP contribution in [0.1, 0.15) is 6.92 Å². The number of ether oxygens (including phenoxy) is 3. The van der Waals surface area contributed by atoms with Gasteiger partial charge in [-0.3, -0.25) is 24.1 Å². The zero-order valence-corrected chi connectivity index (χ0v) is 20.7. The lowest BCUT2D eigenvalue weighted by atomic mass is 9.85. The second-order valence-corrected chi connectivity index (χ2v) is 9.26. The van der Waals surface area contributed by atoms with Crippen molar-refractivity contribution < 1.29 is 58.9 Å². The number of carbonyl (C=O) groups excluding carboxylic acids is 4. The molecule has 10 atom stereocenters. The van der Waals surface area contributed by atoms with E-state index in [1.807, 2.05) is 24.3 Å². The van der Waals surface area contributed by atoms with Crippen LogP contribution in [-0.4, -0.2) is 124 Å². The van der Waals surface area contributed by atoms with Gasteiger partial charge in [-0.2, -0.15) is 0 Å². The third-order valence-corrected chi connectivity index (χ3v) is 6.73. The largest absolute Gasteiger partial charge is 0.397 e. The maximum atomic E-state index is 12.0. The highest BCUT2D eigenvalue weighted by Crippen LogP contribution is 2.45. The van der Waals surface area contributed by atoms with Crippen LogP contribution < -0.4 is 5.73 Å². The average molecular weight is 543 g/mol. The van der Waals surface area contributed by atoms with E-state index in [2.05, 4.69) is 4.74 Å². The molecule has 4 bridgehead atoms. The fourth-order valence-corrected chi connectivity index (χ4v) is 4.99. The summed E-state index contributed by atoms with van der Waals surface area (Å²) >= 11 is 0. The standard InChI is InChI=1S/C11H13NO5.C8H6O4.C3H9NO2.C2H6O/c13-4-5(14)3-12-10(15)8-6-1-2-7(17-6)9(8)11(12)16;9-7-5-3-1-2-4(11-3)6(5)8(10)12-7;4-1-3(6)2-5;1-2-3/h1-2,5-9,13-14H,3-4H2;1-6H;3,5-6H,1-2,4H2;3H,2H2,1H3. The van der Waals surface area contributed by atoms with Crippen molar-refractivity contribution in [3.05, 3.63) is 24.3 Å². The summed E-state index contributed by atoms with van der Waals surface area (Å²) in [6.45, 7) is 1.22. The van der Waals surface area contributed by atoms with Gasteiger partial charge >= 0.3 is 11.9 Å². The molecule has 4 fully saturated rings. The van der Waals surface area contributed by atoms with Gasteiger partial charge in [-0.25, -0.2) is 0 Å². The van der Waals surface area contributed by atoms with Crippen LogP contribution in [0, 0.1) is 23.7 Å². The molecule has 0 aliphatic carbocycles. The molecule has 0 radical (unpaired) electrons. The summed E-state index contributed by atoms with van der Waals surface area (Å²) in [5, 5.41) is 41.9. The topological polar surface area (TPSA) is 226 Å². The first kappa shape index (κ1) is 30.0. The van der Waals surface area contributed by atoms with Crippen LogP contribution in [0.4, 0.5) is 0 Å². The molecule has 2 amide bonds. The average Bonchev–Trinajstić information content (AvgIpc) is 3.75. The molecule has 0 aromatic rings. The Morgan fingerprint density at radius 1 is 0.763 bits per heavy atom. The number of cyclic esters (lactones) is 2. The smallest absolute Gasteiger partial charge is 0.320 e. The number of rotatable bonds is 5. The van der Waals surface area contributed by atoms with E-state index in [1.54, 1.807) is 6.92 Å². The maximum absolute atomic E-state index is 12.0. The molecular formula is C24H34N2O12. The Hall–Kier alpha value is -2.56. The second kappa shape index (κ2) is 13.0. The molecule has 0 aromatic carbocycles. The second-order valence-electron chi connectivity index (χ2n) is 9.26. The van der Waals surface area contributed by atoms with Crippen LogP contribution in [0.15, 0.2) is 24.3 Å². The lowest BCUT2D eigenvalue weighted by Gasteiger charge is -2.19. The van der Waals surface area contributed by atoms with Gasteiger partial charge in [0.1, 0.15) is 11.8 Å². The van der Waals surface area contributed by atoms with E-state index in [4.69, 9.17) is 35.6 Å². The summed E-state index contributed by atoms with van der Waals surface area (Å²) in [6.07, 6.45) is 4.40. The van der Waals surface area contributed by atoms with Crippen LogP contribution in [0.5, 0.6) is 0 Å². The number of aliphatic hydroxyl groups is 5. The van der Waals surface area contributed by atoms with E-state index in [0.29, 0.717) is 0 Å². The highest BCUT2D eigenvalue weighted by Gasteiger charge is 2.61.